The molecule has 2 aromatic rings. The van der Waals surface area contributed by atoms with Crippen molar-refractivity contribution in [1.82, 2.24) is 19.9 Å². The molecular formula is C14H20N6. The van der Waals surface area contributed by atoms with Crippen LogP contribution in [0.3, 0.4) is 0 Å². The van der Waals surface area contributed by atoms with Gasteiger partial charge in [-0.05, 0) is 12.8 Å². The molecule has 2 rings (SSSR count). The fourth-order valence-corrected chi connectivity index (χ4v) is 1.93. The monoisotopic (exact) mass is 272 g/mol. The molecule has 3 N–H and O–H groups in total. The second-order valence-corrected chi connectivity index (χ2v) is 4.59. The number of anilines is 2. The molecule has 0 atom stereocenters. The molecule has 6 nitrogen and oxygen atoms in total. The summed E-state index contributed by atoms with van der Waals surface area (Å²) in [5.41, 5.74) is 7.82. The maximum absolute atomic E-state index is 5.68. The quantitative estimate of drug-likeness (QED) is 0.594. The number of unbranched alkanes of at least 4 members (excludes halogenated alkanes) is 2. The smallest absolute Gasteiger partial charge is 0.224 e. The van der Waals surface area contributed by atoms with Crippen LogP contribution in [0.15, 0.2) is 18.9 Å². The first-order valence-corrected chi connectivity index (χ1v) is 6.88. The van der Waals surface area contributed by atoms with Gasteiger partial charge in [0.25, 0.3) is 0 Å². The Morgan fingerprint density at radius 2 is 2.15 bits per heavy atom. The van der Waals surface area contributed by atoms with Gasteiger partial charge in [-0.3, -0.25) is 0 Å². The standard InChI is InChI=1S/C14H20N6/c1-3-5-6-7-10-9-17-13-11(18-10)12(16-8-4-2)19-14(15)20-13/h4,9H,2-3,5-8H2,1H3,(H3,15,16,17,19,20). The third kappa shape index (κ3) is 3.40. The summed E-state index contributed by atoms with van der Waals surface area (Å²) >= 11 is 0. The molecule has 106 valence electrons. The highest BCUT2D eigenvalue weighted by atomic mass is 15.1. The second-order valence-electron chi connectivity index (χ2n) is 4.59. The van der Waals surface area contributed by atoms with E-state index >= 15 is 0 Å². The number of aryl methyl sites for hydroxylation is 1. The average Bonchev–Trinajstić information content (AvgIpc) is 2.45. The highest BCUT2D eigenvalue weighted by Gasteiger charge is 2.09. The van der Waals surface area contributed by atoms with Crippen LogP contribution in [0.5, 0.6) is 0 Å². The lowest BCUT2D eigenvalue weighted by Crippen LogP contribution is -2.07. The summed E-state index contributed by atoms with van der Waals surface area (Å²) in [7, 11) is 0. The van der Waals surface area contributed by atoms with Crippen LogP contribution in [0.2, 0.25) is 0 Å². The van der Waals surface area contributed by atoms with Crippen LogP contribution < -0.4 is 11.1 Å². The summed E-state index contributed by atoms with van der Waals surface area (Å²) in [5.74, 6) is 0.800. The van der Waals surface area contributed by atoms with E-state index in [0.717, 1.165) is 18.5 Å². The largest absolute Gasteiger partial charge is 0.368 e. The van der Waals surface area contributed by atoms with Crippen LogP contribution >= 0.6 is 0 Å². The van der Waals surface area contributed by atoms with E-state index in [0.29, 0.717) is 23.5 Å². The van der Waals surface area contributed by atoms with Crippen LogP contribution in [-0.4, -0.2) is 26.5 Å². The summed E-state index contributed by atoms with van der Waals surface area (Å²) in [5, 5.41) is 3.12. The Hall–Kier alpha value is -2.24. The van der Waals surface area contributed by atoms with Gasteiger partial charge in [0.05, 0.1) is 11.9 Å². The number of rotatable bonds is 7. The molecule has 2 heterocycles. The molecule has 0 aliphatic rings. The molecule has 6 heteroatoms. The number of nitrogen functional groups attached to an aromatic ring is 1. The maximum Gasteiger partial charge on any atom is 0.224 e. The van der Waals surface area contributed by atoms with Crippen molar-refractivity contribution in [2.75, 3.05) is 17.6 Å². The fraction of sp³-hybridized carbons (Fsp3) is 0.429. The number of nitrogens with zero attached hydrogens (tertiary/aromatic N) is 4. The fourth-order valence-electron chi connectivity index (χ4n) is 1.93. The first-order valence-electron chi connectivity index (χ1n) is 6.88. The normalized spacial score (nSPS) is 10.7. The summed E-state index contributed by atoms with van der Waals surface area (Å²) in [6.07, 6.45) is 7.93. The Kier molecular flexibility index (Phi) is 4.81. The highest BCUT2D eigenvalue weighted by molar-refractivity contribution is 5.83. The van der Waals surface area contributed by atoms with Crippen LogP contribution in [0.25, 0.3) is 11.2 Å². The molecule has 2 aromatic heterocycles. The van der Waals surface area contributed by atoms with Crippen LogP contribution in [0.1, 0.15) is 31.9 Å². The van der Waals surface area contributed by atoms with Gasteiger partial charge in [0.1, 0.15) is 0 Å². The highest BCUT2D eigenvalue weighted by Crippen LogP contribution is 2.18. The van der Waals surface area contributed by atoms with Gasteiger partial charge < -0.3 is 11.1 Å². The minimum atomic E-state index is 0.192. The van der Waals surface area contributed by atoms with Crippen molar-refractivity contribution in [3.8, 4) is 0 Å². The number of nitrogens with two attached hydrogens (primary N) is 1. The number of hydrogen-bond donors (Lipinski definition) is 2. The van der Waals surface area contributed by atoms with Crippen LogP contribution in [-0.2, 0) is 6.42 Å². The van der Waals surface area contributed by atoms with E-state index in [2.05, 4.69) is 38.8 Å². The Bertz CT molecular complexity index is 595. The van der Waals surface area contributed by atoms with Gasteiger partial charge in [-0.25, -0.2) is 9.97 Å². The van der Waals surface area contributed by atoms with Gasteiger partial charge in [0.2, 0.25) is 5.95 Å². The molecule has 0 radical (unpaired) electrons. The van der Waals surface area contributed by atoms with E-state index in [1.54, 1.807) is 12.3 Å². The molecule has 0 aliphatic carbocycles. The molecular weight excluding hydrogens is 252 g/mol. The molecule has 0 aliphatic heterocycles. The van der Waals surface area contributed by atoms with Crippen molar-refractivity contribution in [2.45, 2.75) is 32.6 Å². The number of hydrogen-bond acceptors (Lipinski definition) is 6. The zero-order valence-electron chi connectivity index (χ0n) is 11.8. The molecule has 0 aromatic carbocycles. The van der Waals surface area contributed by atoms with Crippen molar-refractivity contribution >= 4 is 22.9 Å². The maximum atomic E-state index is 5.68. The molecule has 0 fully saturated rings. The SMILES string of the molecule is C=CCNc1nc(N)nc2ncc(CCCCC)nc12. The van der Waals surface area contributed by atoms with Crippen molar-refractivity contribution in [3.63, 3.8) is 0 Å². The predicted molar refractivity (Wildman–Crippen MR) is 81.5 cm³/mol. The summed E-state index contributed by atoms with van der Waals surface area (Å²) in [4.78, 5) is 17.2. The average molecular weight is 272 g/mol. The molecule has 0 unspecified atom stereocenters. The van der Waals surface area contributed by atoms with E-state index in [-0.39, 0.29) is 5.95 Å². The topological polar surface area (TPSA) is 89.6 Å². The van der Waals surface area contributed by atoms with E-state index in [4.69, 9.17) is 5.73 Å². The first-order chi connectivity index (χ1) is 9.74. The van der Waals surface area contributed by atoms with E-state index in [9.17, 15) is 0 Å². The summed E-state index contributed by atoms with van der Waals surface area (Å²) < 4.78 is 0. The Morgan fingerprint density at radius 3 is 2.90 bits per heavy atom. The van der Waals surface area contributed by atoms with Crippen molar-refractivity contribution < 1.29 is 0 Å². The van der Waals surface area contributed by atoms with Gasteiger partial charge in [-0.2, -0.15) is 9.97 Å². The number of aromatic nitrogens is 4. The lowest BCUT2D eigenvalue weighted by Gasteiger charge is -2.08. The van der Waals surface area contributed by atoms with Crippen LogP contribution in [0.4, 0.5) is 11.8 Å². The molecule has 0 saturated heterocycles. The van der Waals surface area contributed by atoms with Crippen molar-refractivity contribution in [2.24, 2.45) is 0 Å². The van der Waals surface area contributed by atoms with E-state index < -0.39 is 0 Å². The molecule has 0 amide bonds. The van der Waals surface area contributed by atoms with E-state index in [1.807, 2.05) is 0 Å². The Balaban J connectivity index is 2.32. The summed E-state index contributed by atoms with van der Waals surface area (Å²) in [6, 6.07) is 0. The molecule has 20 heavy (non-hydrogen) atoms. The zero-order chi connectivity index (χ0) is 14.4. The Labute approximate surface area is 118 Å². The van der Waals surface area contributed by atoms with Crippen molar-refractivity contribution in [3.05, 3.63) is 24.5 Å². The predicted octanol–water partition coefficient (Wildman–Crippen LogP) is 2.33. The summed E-state index contributed by atoms with van der Waals surface area (Å²) in [6.45, 7) is 6.44. The van der Waals surface area contributed by atoms with Gasteiger partial charge in [-0.15, -0.1) is 6.58 Å². The van der Waals surface area contributed by atoms with Crippen molar-refractivity contribution in [1.29, 1.82) is 0 Å². The third-order valence-electron chi connectivity index (χ3n) is 2.92. The number of nitrogens with one attached hydrogen (secondary N) is 1. The van der Waals surface area contributed by atoms with Gasteiger partial charge >= 0.3 is 0 Å². The van der Waals surface area contributed by atoms with E-state index in [1.165, 1.54) is 12.8 Å². The molecule has 0 saturated carbocycles. The second kappa shape index (κ2) is 6.79. The van der Waals surface area contributed by atoms with Gasteiger partial charge in [-0.1, -0.05) is 25.8 Å². The molecule has 0 spiro atoms. The molecule has 0 bridgehead atoms. The first kappa shape index (κ1) is 14.2. The van der Waals surface area contributed by atoms with Crippen LogP contribution in [0, 0.1) is 0 Å². The lowest BCUT2D eigenvalue weighted by atomic mass is 10.2. The number of fused-ring (bicyclic) bond motifs is 1. The lowest BCUT2D eigenvalue weighted by molar-refractivity contribution is 0.707. The minimum absolute atomic E-state index is 0.192. The minimum Gasteiger partial charge on any atom is -0.368 e. The zero-order valence-corrected chi connectivity index (χ0v) is 11.8. The van der Waals surface area contributed by atoms with Gasteiger partial charge in [0.15, 0.2) is 17.0 Å². The third-order valence-corrected chi connectivity index (χ3v) is 2.92. The van der Waals surface area contributed by atoms with Gasteiger partial charge in [0, 0.05) is 6.54 Å². The Morgan fingerprint density at radius 1 is 1.30 bits per heavy atom.